The minimum absolute atomic E-state index is 0.0280. The number of likely N-dealkylation sites (tertiary alicyclic amines) is 1. The van der Waals surface area contributed by atoms with Gasteiger partial charge in [0.2, 0.25) is 5.91 Å². The van der Waals surface area contributed by atoms with E-state index < -0.39 is 17.4 Å². The molecular weight excluding hydrogens is 434 g/mol. The Kier molecular flexibility index (Phi) is 6.67. The zero-order valence-corrected chi connectivity index (χ0v) is 20.6. The number of allylic oxidation sites excluding steroid dienone is 1. The number of esters is 1. The quantitative estimate of drug-likeness (QED) is 0.456. The maximum absolute atomic E-state index is 12.8. The first-order valence-electron chi connectivity index (χ1n) is 12.5. The lowest BCUT2D eigenvalue weighted by atomic mass is 9.46. The standard InChI is InChI=1S/C27H37NO6/c1-17-6-10-22-26(2,13-5-14-27(22,3)25(32)33-4)19(17)8-7-18-12-15-34-21(18)16-28-20(24(30)31)9-11-23(28)29/h12,15,19-20,22H,1,5-11,13-14,16H2,2-4H3,(H,30,31)/t19-,20?,22+,26+,27-/m0/s1. The molecule has 2 heterocycles. The van der Waals surface area contributed by atoms with Crippen molar-refractivity contribution >= 4 is 17.8 Å². The van der Waals surface area contributed by atoms with Crippen LogP contribution in [0.25, 0.3) is 0 Å². The molecule has 1 unspecified atom stereocenters. The number of hydrogen-bond acceptors (Lipinski definition) is 5. The van der Waals surface area contributed by atoms with E-state index in [1.807, 2.05) is 6.07 Å². The van der Waals surface area contributed by atoms with E-state index >= 15 is 0 Å². The molecule has 2 aliphatic carbocycles. The summed E-state index contributed by atoms with van der Waals surface area (Å²) in [5.41, 5.74) is 1.76. The van der Waals surface area contributed by atoms with E-state index in [0.29, 0.717) is 12.2 Å². The summed E-state index contributed by atoms with van der Waals surface area (Å²) in [5, 5.41) is 9.47. The topological polar surface area (TPSA) is 97.0 Å². The third-order valence-electron chi connectivity index (χ3n) is 9.14. The second-order valence-electron chi connectivity index (χ2n) is 10.9. The monoisotopic (exact) mass is 471 g/mol. The van der Waals surface area contributed by atoms with Crippen molar-refractivity contribution in [1.82, 2.24) is 4.90 Å². The first kappa shape index (κ1) is 24.6. The highest BCUT2D eigenvalue weighted by molar-refractivity contribution is 5.87. The van der Waals surface area contributed by atoms with Crippen molar-refractivity contribution in [2.24, 2.45) is 22.7 Å². The maximum atomic E-state index is 12.8. The third kappa shape index (κ3) is 4.07. The highest BCUT2D eigenvalue weighted by atomic mass is 16.5. The Morgan fingerprint density at radius 2 is 2.03 bits per heavy atom. The minimum atomic E-state index is -0.970. The van der Waals surface area contributed by atoms with Crippen LogP contribution < -0.4 is 0 Å². The van der Waals surface area contributed by atoms with Crippen LogP contribution >= 0.6 is 0 Å². The van der Waals surface area contributed by atoms with Gasteiger partial charge in [0.15, 0.2) is 0 Å². The molecule has 3 fully saturated rings. The Morgan fingerprint density at radius 1 is 1.26 bits per heavy atom. The van der Waals surface area contributed by atoms with E-state index in [1.165, 1.54) is 17.6 Å². The van der Waals surface area contributed by atoms with Crippen LogP contribution in [0, 0.1) is 22.7 Å². The van der Waals surface area contributed by atoms with Gasteiger partial charge in [0.1, 0.15) is 11.8 Å². The first-order chi connectivity index (χ1) is 16.1. The molecule has 4 rings (SSSR count). The van der Waals surface area contributed by atoms with Crippen molar-refractivity contribution < 1.29 is 28.6 Å². The van der Waals surface area contributed by atoms with Crippen LogP contribution in [0.5, 0.6) is 0 Å². The van der Waals surface area contributed by atoms with Gasteiger partial charge in [0.05, 0.1) is 25.3 Å². The van der Waals surface area contributed by atoms with Crippen molar-refractivity contribution in [2.75, 3.05) is 7.11 Å². The Labute approximate surface area is 201 Å². The zero-order valence-electron chi connectivity index (χ0n) is 20.6. The molecular formula is C27H37NO6. The van der Waals surface area contributed by atoms with Crippen molar-refractivity contribution in [3.63, 3.8) is 0 Å². The van der Waals surface area contributed by atoms with Gasteiger partial charge in [-0.1, -0.05) is 25.5 Å². The van der Waals surface area contributed by atoms with Crippen LogP contribution in [0.1, 0.15) is 76.5 Å². The number of fused-ring (bicyclic) bond motifs is 1. The number of nitrogens with zero attached hydrogens (tertiary/aromatic N) is 1. The number of carboxylic acids is 1. The molecule has 2 saturated carbocycles. The number of carbonyl (C=O) groups is 3. The van der Waals surface area contributed by atoms with Crippen LogP contribution in [-0.2, 0) is 32.1 Å². The van der Waals surface area contributed by atoms with E-state index in [4.69, 9.17) is 9.15 Å². The second kappa shape index (κ2) is 9.23. The van der Waals surface area contributed by atoms with Crippen molar-refractivity contribution in [1.29, 1.82) is 0 Å². The van der Waals surface area contributed by atoms with Crippen molar-refractivity contribution in [2.45, 2.75) is 84.2 Å². The summed E-state index contributed by atoms with van der Waals surface area (Å²) in [5.74, 6) is -0.0299. The van der Waals surface area contributed by atoms with Crippen LogP contribution in [0.2, 0.25) is 0 Å². The fourth-order valence-corrected chi connectivity index (χ4v) is 7.33. The van der Waals surface area contributed by atoms with E-state index in [1.54, 1.807) is 6.26 Å². The number of aryl methyl sites for hydroxylation is 1. The molecule has 34 heavy (non-hydrogen) atoms. The average Bonchev–Trinajstić information content (AvgIpc) is 3.39. The van der Waals surface area contributed by atoms with Gasteiger partial charge >= 0.3 is 11.9 Å². The van der Waals surface area contributed by atoms with Gasteiger partial charge in [-0.3, -0.25) is 9.59 Å². The summed E-state index contributed by atoms with van der Waals surface area (Å²) in [4.78, 5) is 38.1. The molecule has 1 aromatic heterocycles. The third-order valence-corrected chi connectivity index (χ3v) is 9.14. The highest BCUT2D eigenvalue weighted by Gasteiger charge is 2.57. The van der Waals surface area contributed by atoms with E-state index in [0.717, 1.165) is 50.5 Å². The van der Waals surface area contributed by atoms with Gasteiger partial charge in [-0.25, -0.2) is 4.79 Å². The Morgan fingerprint density at radius 3 is 2.74 bits per heavy atom. The van der Waals surface area contributed by atoms with E-state index in [2.05, 4.69) is 20.4 Å². The molecule has 1 aliphatic heterocycles. The molecule has 7 heteroatoms. The summed E-state index contributed by atoms with van der Waals surface area (Å²) in [7, 11) is 1.49. The summed E-state index contributed by atoms with van der Waals surface area (Å²) in [6.45, 7) is 9.01. The van der Waals surface area contributed by atoms with Gasteiger partial charge < -0.3 is 19.2 Å². The van der Waals surface area contributed by atoms with Gasteiger partial charge in [-0.05, 0) is 80.8 Å². The molecule has 186 valence electrons. The smallest absolute Gasteiger partial charge is 0.326 e. The number of methoxy groups -OCH3 is 1. The molecule has 1 aromatic rings. The number of furan rings is 1. The zero-order chi connectivity index (χ0) is 24.7. The number of rotatable bonds is 7. The number of amides is 1. The summed E-state index contributed by atoms with van der Waals surface area (Å²) in [6.07, 6.45) is 8.65. The van der Waals surface area contributed by atoms with E-state index in [9.17, 15) is 19.5 Å². The van der Waals surface area contributed by atoms with Crippen LogP contribution in [-0.4, -0.2) is 41.0 Å². The molecule has 3 aliphatic rings. The lowest BCUT2D eigenvalue weighted by Crippen LogP contribution is -2.53. The molecule has 1 amide bonds. The Balaban J connectivity index is 1.51. The fraction of sp³-hybridized carbons (Fsp3) is 0.667. The lowest BCUT2D eigenvalue weighted by molar-refractivity contribution is -0.168. The molecule has 1 N–H and O–H groups in total. The fourth-order valence-electron chi connectivity index (χ4n) is 7.33. The molecule has 0 spiro atoms. The van der Waals surface area contributed by atoms with Gasteiger partial charge in [0, 0.05) is 6.42 Å². The highest BCUT2D eigenvalue weighted by Crippen LogP contribution is 2.62. The molecule has 0 bridgehead atoms. The summed E-state index contributed by atoms with van der Waals surface area (Å²) in [6, 6.07) is 1.14. The molecule has 5 atom stereocenters. The van der Waals surface area contributed by atoms with Gasteiger partial charge in [-0.2, -0.15) is 0 Å². The normalized spacial score (nSPS) is 33.6. The average molecular weight is 472 g/mol. The minimum Gasteiger partial charge on any atom is -0.480 e. The predicted octanol–water partition coefficient (Wildman–Crippen LogP) is 4.74. The number of ether oxygens (including phenoxy) is 1. The van der Waals surface area contributed by atoms with Gasteiger partial charge in [0.25, 0.3) is 0 Å². The molecule has 7 nitrogen and oxygen atoms in total. The predicted molar refractivity (Wildman–Crippen MR) is 126 cm³/mol. The number of aliphatic carboxylic acids is 1. The van der Waals surface area contributed by atoms with Gasteiger partial charge in [-0.15, -0.1) is 0 Å². The maximum Gasteiger partial charge on any atom is 0.326 e. The summed E-state index contributed by atoms with van der Waals surface area (Å²) < 4.78 is 10.9. The molecule has 0 radical (unpaired) electrons. The van der Waals surface area contributed by atoms with Crippen LogP contribution in [0.4, 0.5) is 0 Å². The number of hydrogen-bond donors (Lipinski definition) is 1. The molecule has 1 saturated heterocycles. The van der Waals surface area contributed by atoms with Crippen molar-refractivity contribution in [3.8, 4) is 0 Å². The molecule has 0 aromatic carbocycles. The largest absolute Gasteiger partial charge is 0.480 e. The SMILES string of the molecule is C=C1CC[C@@H]2[C@](C)(CCC[C@]2(C)C(=O)OC)[C@H]1CCc1ccoc1CN1C(=O)CCC1C(=O)O. The van der Waals surface area contributed by atoms with Crippen molar-refractivity contribution in [3.05, 3.63) is 35.8 Å². The number of carboxylic acid groups (broad SMARTS) is 1. The Bertz CT molecular complexity index is 982. The summed E-state index contributed by atoms with van der Waals surface area (Å²) >= 11 is 0. The number of carbonyl (C=O) groups excluding carboxylic acids is 2. The van der Waals surface area contributed by atoms with Crippen LogP contribution in [0.3, 0.4) is 0 Å². The first-order valence-corrected chi connectivity index (χ1v) is 12.5. The second-order valence-corrected chi connectivity index (χ2v) is 10.9. The van der Waals surface area contributed by atoms with Crippen LogP contribution in [0.15, 0.2) is 28.9 Å². The lowest BCUT2D eigenvalue weighted by Gasteiger charge is -2.57. The van der Waals surface area contributed by atoms with E-state index in [-0.39, 0.29) is 42.1 Å². The Hall–Kier alpha value is -2.57.